The van der Waals surface area contributed by atoms with Crippen LogP contribution in [-0.2, 0) is 22.7 Å². The van der Waals surface area contributed by atoms with Gasteiger partial charge in [-0.15, -0.1) is 12.4 Å². The highest BCUT2D eigenvalue weighted by Crippen LogP contribution is 2.06. The van der Waals surface area contributed by atoms with Gasteiger partial charge in [-0.3, -0.25) is 9.69 Å². The normalized spacial score (nSPS) is 18.5. The number of rotatable bonds is 6. The van der Waals surface area contributed by atoms with E-state index >= 15 is 0 Å². The average Bonchev–Trinajstić information content (AvgIpc) is 2.48. The topological polar surface area (TPSA) is 53.6 Å². The highest BCUT2D eigenvalue weighted by molar-refractivity contribution is 5.85. The molecular formula is C16H26ClN3O2. The minimum Gasteiger partial charge on any atom is -0.380 e. The molecule has 0 aliphatic carbocycles. The fourth-order valence-corrected chi connectivity index (χ4v) is 2.56. The summed E-state index contributed by atoms with van der Waals surface area (Å²) in [5.41, 5.74) is 2.23. The van der Waals surface area contributed by atoms with Crippen molar-refractivity contribution in [2.24, 2.45) is 0 Å². The maximum Gasteiger partial charge on any atom is 0.234 e. The van der Waals surface area contributed by atoms with E-state index in [1.807, 2.05) is 18.2 Å². The zero-order valence-corrected chi connectivity index (χ0v) is 14.1. The maximum absolute atomic E-state index is 12.0. The van der Waals surface area contributed by atoms with Gasteiger partial charge in [-0.2, -0.15) is 0 Å². The molecule has 1 atom stereocenters. The van der Waals surface area contributed by atoms with Crippen LogP contribution in [0.25, 0.3) is 0 Å². The number of amides is 1. The molecule has 0 radical (unpaired) electrons. The molecule has 1 amide bonds. The van der Waals surface area contributed by atoms with Crippen LogP contribution in [-0.4, -0.2) is 50.1 Å². The van der Waals surface area contributed by atoms with Crippen molar-refractivity contribution >= 4 is 18.3 Å². The van der Waals surface area contributed by atoms with Gasteiger partial charge < -0.3 is 15.4 Å². The molecule has 0 unspecified atom stereocenters. The van der Waals surface area contributed by atoms with Crippen molar-refractivity contribution in [3.63, 3.8) is 0 Å². The second kappa shape index (κ2) is 9.79. The van der Waals surface area contributed by atoms with Crippen molar-refractivity contribution in [3.05, 3.63) is 35.4 Å². The maximum atomic E-state index is 12.0. The first-order valence-corrected chi connectivity index (χ1v) is 7.47. The first-order valence-electron chi connectivity index (χ1n) is 7.47. The summed E-state index contributed by atoms with van der Waals surface area (Å²) >= 11 is 0. The first-order chi connectivity index (χ1) is 10.2. The molecule has 22 heavy (non-hydrogen) atoms. The van der Waals surface area contributed by atoms with Gasteiger partial charge in [0.2, 0.25) is 5.91 Å². The van der Waals surface area contributed by atoms with Gasteiger partial charge in [0.25, 0.3) is 0 Å². The largest absolute Gasteiger partial charge is 0.380 e. The SMILES string of the molecule is COCc1cccc(CNC(=O)CN2CCNC[C@@H]2C)c1.Cl. The molecule has 5 nitrogen and oxygen atoms in total. The van der Waals surface area contributed by atoms with Crippen molar-refractivity contribution in [2.75, 3.05) is 33.3 Å². The third-order valence-electron chi connectivity index (χ3n) is 3.78. The smallest absolute Gasteiger partial charge is 0.234 e. The third-order valence-corrected chi connectivity index (χ3v) is 3.78. The van der Waals surface area contributed by atoms with Crippen LogP contribution in [0.1, 0.15) is 18.1 Å². The van der Waals surface area contributed by atoms with Gasteiger partial charge in [0, 0.05) is 39.3 Å². The molecule has 0 bridgehead atoms. The van der Waals surface area contributed by atoms with E-state index in [0.717, 1.165) is 30.8 Å². The minimum absolute atomic E-state index is 0. The standard InChI is InChI=1S/C16H25N3O2.ClH/c1-13-9-17-6-7-19(13)11-16(20)18-10-14-4-3-5-15(8-14)12-21-2;/h3-5,8,13,17H,6-7,9-12H2,1-2H3,(H,18,20);1H/t13-;/m0./s1. The lowest BCUT2D eigenvalue weighted by atomic mass is 10.1. The summed E-state index contributed by atoms with van der Waals surface area (Å²) in [6.45, 7) is 6.62. The van der Waals surface area contributed by atoms with Gasteiger partial charge in [0.15, 0.2) is 0 Å². The fourth-order valence-electron chi connectivity index (χ4n) is 2.56. The number of methoxy groups -OCH3 is 1. The number of ether oxygens (including phenoxy) is 1. The molecule has 1 saturated heterocycles. The molecule has 0 aromatic heterocycles. The summed E-state index contributed by atoms with van der Waals surface area (Å²) in [4.78, 5) is 14.3. The Bertz CT molecular complexity index is 470. The Morgan fingerprint density at radius 2 is 2.23 bits per heavy atom. The number of nitrogens with zero attached hydrogens (tertiary/aromatic N) is 1. The monoisotopic (exact) mass is 327 g/mol. The number of hydrogen-bond donors (Lipinski definition) is 2. The molecule has 2 rings (SSSR count). The zero-order chi connectivity index (χ0) is 15.1. The Kier molecular flexibility index (Phi) is 8.42. The Hall–Kier alpha value is -1.14. The van der Waals surface area contributed by atoms with Gasteiger partial charge in [0.1, 0.15) is 0 Å². The second-order valence-corrected chi connectivity index (χ2v) is 5.55. The van der Waals surface area contributed by atoms with Crippen molar-refractivity contribution in [3.8, 4) is 0 Å². The second-order valence-electron chi connectivity index (χ2n) is 5.55. The van der Waals surface area contributed by atoms with Crippen molar-refractivity contribution in [2.45, 2.75) is 26.1 Å². The molecule has 1 aliphatic heterocycles. The summed E-state index contributed by atoms with van der Waals surface area (Å²) in [5.74, 6) is 0.0842. The van der Waals surface area contributed by atoms with Crippen LogP contribution < -0.4 is 10.6 Å². The highest BCUT2D eigenvalue weighted by Gasteiger charge is 2.19. The number of carbonyl (C=O) groups excluding carboxylic acids is 1. The molecule has 0 spiro atoms. The highest BCUT2D eigenvalue weighted by atomic mass is 35.5. The van der Waals surface area contributed by atoms with E-state index in [1.165, 1.54) is 0 Å². The Balaban J connectivity index is 0.00000242. The van der Waals surface area contributed by atoms with Gasteiger partial charge in [0.05, 0.1) is 13.2 Å². The van der Waals surface area contributed by atoms with Gasteiger partial charge in [-0.25, -0.2) is 0 Å². The fraction of sp³-hybridized carbons (Fsp3) is 0.562. The molecule has 124 valence electrons. The average molecular weight is 328 g/mol. The van der Waals surface area contributed by atoms with Crippen molar-refractivity contribution < 1.29 is 9.53 Å². The lowest BCUT2D eigenvalue weighted by Gasteiger charge is -2.33. The van der Waals surface area contributed by atoms with E-state index in [9.17, 15) is 4.79 Å². The summed E-state index contributed by atoms with van der Waals surface area (Å²) in [6, 6.07) is 8.52. The van der Waals surface area contributed by atoms with Crippen LogP contribution in [0.3, 0.4) is 0 Å². The van der Waals surface area contributed by atoms with E-state index in [1.54, 1.807) is 7.11 Å². The van der Waals surface area contributed by atoms with E-state index in [-0.39, 0.29) is 18.3 Å². The van der Waals surface area contributed by atoms with Crippen LogP contribution in [0.4, 0.5) is 0 Å². The third kappa shape index (κ3) is 5.93. The Labute approximate surface area is 138 Å². The molecule has 1 aliphatic rings. The molecule has 1 fully saturated rings. The molecular weight excluding hydrogens is 302 g/mol. The van der Waals surface area contributed by atoms with Gasteiger partial charge in [-0.1, -0.05) is 24.3 Å². The number of hydrogen-bond acceptors (Lipinski definition) is 4. The molecule has 1 heterocycles. The summed E-state index contributed by atoms with van der Waals surface area (Å²) < 4.78 is 5.12. The van der Waals surface area contributed by atoms with Crippen molar-refractivity contribution in [1.29, 1.82) is 0 Å². The molecule has 1 aromatic carbocycles. The molecule has 2 N–H and O–H groups in total. The quantitative estimate of drug-likeness (QED) is 0.823. The Morgan fingerprint density at radius 3 is 2.95 bits per heavy atom. The predicted molar refractivity (Wildman–Crippen MR) is 90.2 cm³/mol. The lowest BCUT2D eigenvalue weighted by Crippen LogP contribution is -2.52. The van der Waals surface area contributed by atoms with Gasteiger partial charge >= 0.3 is 0 Å². The van der Waals surface area contributed by atoms with E-state index < -0.39 is 0 Å². The van der Waals surface area contributed by atoms with Gasteiger partial charge in [-0.05, 0) is 18.1 Å². The number of carbonyl (C=O) groups is 1. The molecule has 0 saturated carbocycles. The van der Waals surface area contributed by atoms with E-state index in [0.29, 0.717) is 25.7 Å². The van der Waals surface area contributed by atoms with E-state index in [2.05, 4.69) is 28.5 Å². The summed E-state index contributed by atoms with van der Waals surface area (Å²) in [7, 11) is 1.68. The van der Waals surface area contributed by atoms with E-state index in [4.69, 9.17) is 4.74 Å². The summed E-state index contributed by atoms with van der Waals surface area (Å²) in [6.07, 6.45) is 0. The minimum atomic E-state index is 0. The lowest BCUT2D eigenvalue weighted by molar-refractivity contribution is -0.123. The van der Waals surface area contributed by atoms with Crippen LogP contribution in [0.15, 0.2) is 24.3 Å². The van der Waals surface area contributed by atoms with Crippen LogP contribution in [0, 0.1) is 0 Å². The molecule has 1 aromatic rings. The summed E-state index contributed by atoms with van der Waals surface area (Å²) in [5, 5.41) is 6.32. The predicted octanol–water partition coefficient (Wildman–Crippen LogP) is 1.16. The van der Waals surface area contributed by atoms with Crippen LogP contribution in [0.2, 0.25) is 0 Å². The molecule has 6 heteroatoms. The van der Waals surface area contributed by atoms with Crippen LogP contribution in [0.5, 0.6) is 0 Å². The number of benzene rings is 1. The zero-order valence-electron chi connectivity index (χ0n) is 13.3. The van der Waals surface area contributed by atoms with Crippen molar-refractivity contribution in [1.82, 2.24) is 15.5 Å². The first kappa shape index (κ1) is 18.9. The van der Waals surface area contributed by atoms with Crippen LogP contribution >= 0.6 is 12.4 Å². The Morgan fingerprint density at radius 1 is 1.45 bits per heavy atom. The number of halogens is 1. The number of nitrogens with one attached hydrogen (secondary N) is 2. The number of piperazine rings is 1.